The van der Waals surface area contributed by atoms with Crippen molar-refractivity contribution in [3.05, 3.63) is 449 Å². The third kappa shape index (κ3) is 14.3. The van der Waals surface area contributed by atoms with Crippen molar-refractivity contribution in [2.75, 3.05) is 0 Å². The normalized spacial score (nSPS) is 11.7. The lowest BCUT2D eigenvalue weighted by molar-refractivity contribution is 0.673. The Hall–Kier alpha value is -18.1. The van der Waals surface area contributed by atoms with Gasteiger partial charge in [0.25, 0.3) is 0 Å². The van der Waals surface area contributed by atoms with Gasteiger partial charge in [-0.15, -0.1) is 22.7 Å². The van der Waals surface area contributed by atoms with E-state index in [9.17, 15) is 0 Å². The van der Waals surface area contributed by atoms with Crippen LogP contribution in [0.15, 0.2) is 454 Å². The van der Waals surface area contributed by atoms with Crippen molar-refractivity contribution in [1.82, 2.24) is 49.8 Å². The van der Waals surface area contributed by atoms with Crippen molar-refractivity contribution in [1.29, 1.82) is 0 Å². The Bertz CT molecular complexity index is 9900. The average molecular weight is 1810 g/mol. The van der Waals surface area contributed by atoms with Gasteiger partial charge in [-0.05, 0) is 189 Å². The summed E-state index contributed by atoms with van der Waals surface area (Å²) in [5.74, 6) is 3.73. The first-order valence-corrected chi connectivity index (χ1v) is 48.1. The molecule has 0 unspecified atom stereocenters. The number of rotatable bonds is 10. The van der Waals surface area contributed by atoms with E-state index < -0.39 is 0 Å². The minimum atomic E-state index is 0.594. The molecule has 29 rings (SSSR count). The fourth-order valence-electron chi connectivity index (χ4n) is 20.2. The van der Waals surface area contributed by atoms with Gasteiger partial charge in [-0.25, -0.2) is 39.9 Å². The van der Waals surface area contributed by atoms with Gasteiger partial charge in [0.15, 0.2) is 34.9 Å². The van der Waals surface area contributed by atoms with E-state index in [1.807, 2.05) is 205 Å². The molecule has 8 aromatic heterocycles. The zero-order valence-electron chi connectivity index (χ0n) is 74.4. The Morgan fingerprint density at radius 3 is 1.01 bits per heavy atom. The van der Waals surface area contributed by atoms with E-state index in [0.29, 0.717) is 34.9 Å². The third-order valence-electron chi connectivity index (χ3n) is 26.9. The summed E-state index contributed by atoms with van der Waals surface area (Å²) in [6.07, 6.45) is 3.73. The zero-order chi connectivity index (χ0) is 91.5. The fourth-order valence-corrected chi connectivity index (χ4v) is 22.4. The fraction of sp³-hybridized carbons (Fsp3) is 0. The van der Waals surface area contributed by atoms with Crippen LogP contribution in [0.1, 0.15) is 0 Å². The molecule has 21 aromatic carbocycles. The summed E-state index contributed by atoms with van der Waals surface area (Å²) in [5.41, 5.74) is 16.9. The van der Waals surface area contributed by atoms with E-state index in [0.717, 1.165) is 111 Å². The smallest absolute Gasteiger partial charge is 0.165 e. The molecule has 0 aliphatic rings. The minimum absolute atomic E-state index is 0.594. The van der Waals surface area contributed by atoms with Gasteiger partial charge in [0, 0.05) is 125 Å². The van der Waals surface area contributed by atoms with Gasteiger partial charge in [0.1, 0.15) is 11.2 Å². The lowest BCUT2D eigenvalue weighted by Crippen LogP contribution is -2.00. The monoisotopic (exact) mass is 1810 g/mol. The largest absolute Gasteiger partial charge is 0.455 e. The molecule has 0 radical (unpaired) electrons. The Morgan fingerprint density at radius 1 is 0.173 bits per heavy atom. The number of benzene rings is 21. The Labute approximate surface area is 803 Å². The second kappa shape index (κ2) is 33.5. The van der Waals surface area contributed by atoms with Crippen molar-refractivity contribution in [3.8, 4) is 113 Å². The summed E-state index contributed by atoms with van der Waals surface area (Å²) in [4.78, 5) is 49.1. The number of thiophene rings is 2. The molecule has 0 spiro atoms. The summed E-state index contributed by atoms with van der Waals surface area (Å²) in [6, 6.07) is 153. The van der Waals surface area contributed by atoms with Crippen LogP contribution in [0.4, 0.5) is 0 Å². The van der Waals surface area contributed by atoms with Crippen molar-refractivity contribution in [3.63, 3.8) is 0 Å². The highest BCUT2D eigenvalue weighted by Crippen LogP contribution is 2.48. The van der Waals surface area contributed by atoms with Crippen LogP contribution in [0.3, 0.4) is 0 Å². The van der Waals surface area contributed by atoms with Gasteiger partial charge in [-0.2, -0.15) is 0 Å². The van der Waals surface area contributed by atoms with Crippen LogP contribution in [0.25, 0.3) is 284 Å². The molecule has 646 valence electrons. The SMILES string of the molecule is c1ccc(-c2nc(-c3ccccc3)nc(-c3ccc(-c4ccc5c(ccc6ccc7cc8c(cc7c65)sc5ccccc58)c4)nc3)n2)cc1.c1ccc(-c2nc(-c3ccccc3)nc(-c3ccc(-c4ccc5c(ccc6ccc7cc8sc9ccccc9c8cc7c65)c4)nc3)n2)cc1.c1ccc(-c2nc3ccccc3nc2-c2ccc3c(ccc4c3c3ccccc3c3oc5ccccc5c43)c2)cc1. The standard InChI is InChI=1S/2C44H26N4S.C38H22N2O/c1-3-9-28(10-4-1)42-46-43(29-11-5-2-6-12-29)48-44(47-42)33-20-22-38(45-26-33)32-19-21-34-30(23-32)17-15-27-16-18-31-24-40-37(25-36(31)41(27)34)35-13-7-8-14-39(35)49-40;1-3-9-28(10-4-1)42-46-43(29-11-5-2-6-12-29)48-44(47-42)33-20-22-38(45-26-33)32-19-21-34-30(23-32)17-15-27-16-18-31-24-37-35-13-7-8-14-39(35)49-40(37)25-36(31)41(27)34;1-2-10-23(11-3-1)36-37(40-32-16-8-7-15-31(32)39-36)25-19-20-26-24(22-25)18-21-30-34(26)27-12-4-5-13-28(27)38-35(30)29-14-6-9-17-33(29)41-38/h2*1-26H;1-22H. The summed E-state index contributed by atoms with van der Waals surface area (Å²) in [7, 11) is 0. The van der Waals surface area contributed by atoms with Gasteiger partial charge in [-0.3, -0.25) is 9.97 Å². The van der Waals surface area contributed by atoms with E-state index >= 15 is 0 Å². The molecule has 0 bridgehead atoms. The molecular formula is C126H74N10OS2. The Balaban J connectivity index is 0.000000105. The molecule has 0 fully saturated rings. The quantitative estimate of drug-likeness (QED) is 0.121. The van der Waals surface area contributed by atoms with Gasteiger partial charge >= 0.3 is 0 Å². The van der Waals surface area contributed by atoms with Crippen LogP contribution in [-0.2, 0) is 0 Å². The lowest BCUT2D eigenvalue weighted by atomic mass is 9.91. The second-order valence-corrected chi connectivity index (χ2v) is 37.3. The summed E-state index contributed by atoms with van der Waals surface area (Å²) in [6.45, 7) is 0. The van der Waals surface area contributed by atoms with Gasteiger partial charge in [0.05, 0.1) is 33.8 Å². The zero-order valence-corrected chi connectivity index (χ0v) is 76.1. The molecule has 139 heavy (non-hydrogen) atoms. The second-order valence-electron chi connectivity index (χ2n) is 35.2. The van der Waals surface area contributed by atoms with E-state index in [-0.39, 0.29) is 0 Å². The minimum Gasteiger partial charge on any atom is -0.455 e. The van der Waals surface area contributed by atoms with Crippen LogP contribution < -0.4 is 0 Å². The maximum Gasteiger partial charge on any atom is 0.165 e. The predicted octanol–water partition coefficient (Wildman–Crippen LogP) is 33.8. The molecule has 0 amide bonds. The van der Waals surface area contributed by atoms with Crippen LogP contribution >= 0.6 is 22.7 Å². The summed E-state index contributed by atoms with van der Waals surface area (Å²) < 4.78 is 11.7. The number of furan rings is 1. The van der Waals surface area contributed by atoms with Crippen LogP contribution in [0, 0.1) is 0 Å². The first kappa shape index (κ1) is 80.5. The highest BCUT2D eigenvalue weighted by molar-refractivity contribution is 7.26. The van der Waals surface area contributed by atoms with Crippen molar-refractivity contribution >= 4 is 193 Å². The lowest BCUT2D eigenvalue weighted by Gasteiger charge is -2.13. The summed E-state index contributed by atoms with van der Waals surface area (Å²) >= 11 is 3.73. The number of fused-ring (bicyclic) bond motifs is 27. The first-order valence-electron chi connectivity index (χ1n) is 46.4. The summed E-state index contributed by atoms with van der Waals surface area (Å²) in [5, 5.41) is 29.9. The number of nitrogens with zero attached hydrogens (tertiary/aromatic N) is 10. The van der Waals surface area contributed by atoms with Crippen molar-refractivity contribution in [2.24, 2.45) is 0 Å². The van der Waals surface area contributed by atoms with Crippen molar-refractivity contribution in [2.45, 2.75) is 0 Å². The van der Waals surface area contributed by atoms with Crippen LogP contribution in [0.5, 0.6) is 0 Å². The number of hydrogen-bond donors (Lipinski definition) is 0. The Morgan fingerprint density at radius 2 is 0.518 bits per heavy atom. The molecule has 8 heterocycles. The maximum absolute atomic E-state index is 6.44. The molecule has 0 aliphatic carbocycles. The maximum atomic E-state index is 6.44. The van der Waals surface area contributed by atoms with Crippen molar-refractivity contribution < 1.29 is 4.42 Å². The Kier molecular flexibility index (Phi) is 19.4. The van der Waals surface area contributed by atoms with Crippen LogP contribution in [-0.4, -0.2) is 49.8 Å². The van der Waals surface area contributed by atoms with Crippen LogP contribution in [0.2, 0.25) is 0 Å². The van der Waals surface area contributed by atoms with Gasteiger partial charge < -0.3 is 4.42 Å². The highest BCUT2D eigenvalue weighted by atomic mass is 32.1. The number of hydrogen-bond acceptors (Lipinski definition) is 13. The molecular weight excluding hydrogens is 1730 g/mol. The van der Waals surface area contributed by atoms with E-state index in [1.165, 1.54) is 137 Å². The predicted molar refractivity (Wildman–Crippen MR) is 580 cm³/mol. The molecule has 0 aliphatic heterocycles. The topological polar surface area (TPSA) is 142 Å². The molecule has 0 saturated carbocycles. The molecule has 13 heteroatoms. The van der Waals surface area contributed by atoms with E-state index in [1.54, 1.807) is 0 Å². The number of pyridine rings is 2. The molecule has 0 N–H and O–H groups in total. The average Bonchev–Trinajstić information content (AvgIpc) is 1.61. The highest BCUT2D eigenvalue weighted by Gasteiger charge is 2.24. The first-order chi connectivity index (χ1) is 68.8. The molecule has 0 atom stereocenters. The number of para-hydroxylation sites is 3. The van der Waals surface area contributed by atoms with E-state index in [2.05, 4.69) is 267 Å². The molecule has 29 aromatic rings. The van der Waals surface area contributed by atoms with Gasteiger partial charge in [-0.1, -0.05) is 340 Å². The molecule has 11 nitrogen and oxygen atoms in total. The van der Waals surface area contributed by atoms with Gasteiger partial charge in [0.2, 0.25) is 0 Å². The van der Waals surface area contributed by atoms with E-state index in [4.69, 9.17) is 54.3 Å². The number of aromatic nitrogens is 10. The molecule has 0 saturated heterocycles. The third-order valence-corrected chi connectivity index (χ3v) is 29.1.